The number of methoxy groups -OCH3 is 1. The summed E-state index contributed by atoms with van der Waals surface area (Å²) in [6.45, 7) is 0.190. The van der Waals surface area contributed by atoms with E-state index in [0.717, 1.165) is 11.6 Å². The van der Waals surface area contributed by atoms with Gasteiger partial charge in [-0.3, -0.25) is 14.9 Å². The van der Waals surface area contributed by atoms with Gasteiger partial charge in [-0.1, -0.05) is 41.4 Å². The van der Waals surface area contributed by atoms with Gasteiger partial charge < -0.3 is 14.8 Å². The Morgan fingerprint density at radius 2 is 1.97 bits per heavy atom. The molecule has 0 aliphatic carbocycles. The van der Waals surface area contributed by atoms with Crippen LogP contribution in [-0.4, -0.2) is 17.9 Å². The predicted molar refractivity (Wildman–Crippen MR) is 137 cm³/mol. The number of carbonyl (C=O) groups excluding carboxylic acids is 1. The number of nitro benzene ring substituents is 1. The molecule has 35 heavy (non-hydrogen) atoms. The lowest BCUT2D eigenvalue weighted by molar-refractivity contribution is -0.383. The van der Waals surface area contributed by atoms with Crippen molar-refractivity contribution in [3.05, 3.63) is 95.9 Å². The quantitative estimate of drug-likeness (QED) is 0.136. The molecule has 3 aromatic carbocycles. The summed E-state index contributed by atoms with van der Waals surface area (Å²) in [5.41, 5.74) is 0.469. The van der Waals surface area contributed by atoms with E-state index in [4.69, 9.17) is 32.7 Å². The molecular formula is C24H16BrCl2N3O5. The second-order valence-electron chi connectivity index (χ2n) is 6.96. The third-order valence-corrected chi connectivity index (χ3v) is 5.86. The molecule has 0 heterocycles. The van der Waals surface area contributed by atoms with Crippen LogP contribution in [0.4, 0.5) is 11.4 Å². The van der Waals surface area contributed by atoms with Crippen molar-refractivity contribution in [1.82, 2.24) is 0 Å². The van der Waals surface area contributed by atoms with Crippen LogP contribution >= 0.6 is 39.1 Å². The maximum absolute atomic E-state index is 12.7. The molecular weight excluding hydrogens is 561 g/mol. The van der Waals surface area contributed by atoms with E-state index in [9.17, 15) is 20.2 Å². The Morgan fingerprint density at radius 3 is 2.63 bits per heavy atom. The van der Waals surface area contributed by atoms with E-state index in [0.29, 0.717) is 26.6 Å². The van der Waals surface area contributed by atoms with Crippen LogP contribution in [0.3, 0.4) is 0 Å². The monoisotopic (exact) mass is 575 g/mol. The van der Waals surface area contributed by atoms with Crippen LogP contribution in [0.2, 0.25) is 10.0 Å². The molecule has 0 aliphatic heterocycles. The van der Waals surface area contributed by atoms with Crippen LogP contribution in [0.5, 0.6) is 11.5 Å². The Bertz CT molecular complexity index is 1370. The molecule has 0 aliphatic rings. The third-order valence-electron chi connectivity index (χ3n) is 4.66. The molecule has 0 saturated carbocycles. The lowest BCUT2D eigenvalue weighted by atomic mass is 10.1. The fourth-order valence-electron chi connectivity index (χ4n) is 3.00. The summed E-state index contributed by atoms with van der Waals surface area (Å²) in [6, 6.07) is 16.1. The molecule has 3 aromatic rings. The highest BCUT2D eigenvalue weighted by Crippen LogP contribution is 2.38. The van der Waals surface area contributed by atoms with Gasteiger partial charge in [0.05, 0.1) is 16.5 Å². The molecule has 0 unspecified atom stereocenters. The first-order chi connectivity index (χ1) is 16.7. The van der Waals surface area contributed by atoms with E-state index in [1.54, 1.807) is 24.3 Å². The summed E-state index contributed by atoms with van der Waals surface area (Å²) in [7, 11) is 1.45. The zero-order valence-corrected chi connectivity index (χ0v) is 21.1. The molecule has 0 aromatic heterocycles. The zero-order chi connectivity index (χ0) is 25.5. The van der Waals surface area contributed by atoms with Crippen molar-refractivity contribution in [1.29, 1.82) is 5.26 Å². The smallest absolute Gasteiger partial charge is 0.294 e. The number of benzene rings is 3. The molecule has 8 nitrogen and oxygen atoms in total. The Morgan fingerprint density at radius 1 is 1.23 bits per heavy atom. The average molecular weight is 577 g/mol. The number of amides is 1. The molecule has 0 radical (unpaired) electrons. The zero-order valence-electron chi connectivity index (χ0n) is 18.1. The SMILES string of the molecule is COc1cc(/C=C(/C#N)C(=O)Nc2ccc(Cl)cc2[N+](=O)[O-])cc(Br)c1OCc1ccccc1Cl. The highest BCUT2D eigenvalue weighted by molar-refractivity contribution is 9.10. The Labute approximate surface area is 219 Å². The van der Waals surface area contributed by atoms with Crippen molar-refractivity contribution < 1.29 is 19.2 Å². The van der Waals surface area contributed by atoms with Crippen molar-refractivity contribution >= 4 is 62.5 Å². The van der Waals surface area contributed by atoms with E-state index >= 15 is 0 Å². The number of nitriles is 1. The van der Waals surface area contributed by atoms with Crippen molar-refractivity contribution in [2.24, 2.45) is 0 Å². The minimum atomic E-state index is -0.827. The fraction of sp³-hybridized carbons (Fsp3) is 0.0833. The molecule has 1 N–H and O–H groups in total. The summed E-state index contributed by atoms with van der Waals surface area (Å²) >= 11 is 15.4. The molecule has 11 heteroatoms. The Kier molecular flexibility index (Phi) is 8.71. The highest BCUT2D eigenvalue weighted by atomic mass is 79.9. The van der Waals surface area contributed by atoms with Gasteiger partial charge >= 0.3 is 0 Å². The van der Waals surface area contributed by atoms with Gasteiger partial charge in [0.15, 0.2) is 11.5 Å². The molecule has 0 atom stereocenters. The molecule has 1 amide bonds. The number of halogens is 3. The molecule has 178 valence electrons. The Balaban J connectivity index is 1.86. The first-order valence-electron chi connectivity index (χ1n) is 9.84. The van der Waals surface area contributed by atoms with Gasteiger partial charge in [0.2, 0.25) is 0 Å². The van der Waals surface area contributed by atoms with Crippen LogP contribution in [0.15, 0.2) is 64.6 Å². The van der Waals surface area contributed by atoms with Gasteiger partial charge in [-0.25, -0.2) is 0 Å². The largest absolute Gasteiger partial charge is 0.493 e. The van der Waals surface area contributed by atoms with Crippen LogP contribution in [0.1, 0.15) is 11.1 Å². The number of nitrogens with zero attached hydrogens (tertiary/aromatic N) is 2. The number of hydrogen-bond acceptors (Lipinski definition) is 6. The van der Waals surface area contributed by atoms with E-state index in [1.807, 2.05) is 18.2 Å². The maximum Gasteiger partial charge on any atom is 0.294 e. The number of hydrogen-bond donors (Lipinski definition) is 1. The second-order valence-corrected chi connectivity index (χ2v) is 8.65. The average Bonchev–Trinajstić information content (AvgIpc) is 2.83. The van der Waals surface area contributed by atoms with Crippen molar-refractivity contribution in [3.8, 4) is 17.6 Å². The summed E-state index contributed by atoms with van der Waals surface area (Å²) < 4.78 is 11.8. The summed E-state index contributed by atoms with van der Waals surface area (Å²) in [5, 5.41) is 23.9. The minimum absolute atomic E-state index is 0.0902. The standard InChI is InChI=1S/C24H16BrCl2N3O5/c1-34-22-10-14(9-18(25)23(22)35-13-15-4-2-3-5-19(15)27)8-16(12-28)24(31)29-20-7-6-17(26)11-21(20)30(32)33/h2-11H,13H2,1H3,(H,29,31)/b16-8-. The van der Waals surface area contributed by atoms with E-state index < -0.39 is 16.5 Å². The number of carbonyl (C=O) groups is 1. The van der Waals surface area contributed by atoms with Gasteiger partial charge in [-0.2, -0.15) is 5.26 Å². The number of rotatable bonds is 8. The van der Waals surface area contributed by atoms with Gasteiger partial charge in [-0.15, -0.1) is 0 Å². The van der Waals surface area contributed by atoms with Crippen LogP contribution < -0.4 is 14.8 Å². The number of nitrogens with one attached hydrogen (secondary N) is 1. The summed E-state index contributed by atoms with van der Waals surface area (Å²) in [4.78, 5) is 23.3. The normalized spacial score (nSPS) is 10.9. The number of nitro groups is 1. The Hall–Kier alpha value is -3.58. The van der Waals surface area contributed by atoms with Crippen LogP contribution in [0, 0.1) is 21.4 Å². The second kappa shape index (κ2) is 11.7. The van der Waals surface area contributed by atoms with Gasteiger partial charge in [0, 0.05) is 21.7 Å². The van der Waals surface area contributed by atoms with E-state index in [-0.39, 0.29) is 22.9 Å². The summed E-state index contributed by atoms with van der Waals surface area (Å²) in [6.07, 6.45) is 1.32. The van der Waals surface area contributed by atoms with Crippen LogP contribution in [-0.2, 0) is 11.4 Å². The topological polar surface area (TPSA) is 114 Å². The van der Waals surface area contributed by atoms with Gasteiger partial charge in [0.25, 0.3) is 11.6 Å². The molecule has 0 bridgehead atoms. The minimum Gasteiger partial charge on any atom is -0.493 e. The molecule has 0 saturated heterocycles. The number of ether oxygens (including phenoxy) is 2. The van der Waals surface area contributed by atoms with Crippen molar-refractivity contribution in [2.45, 2.75) is 6.61 Å². The van der Waals surface area contributed by atoms with Crippen molar-refractivity contribution in [2.75, 3.05) is 12.4 Å². The van der Waals surface area contributed by atoms with Gasteiger partial charge in [0.1, 0.15) is 23.9 Å². The molecule has 0 fully saturated rings. The molecule has 0 spiro atoms. The van der Waals surface area contributed by atoms with Crippen molar-refractivity contribution in [3.63, 3.8) is 0 Å². The lowest BCUT2D eigenvalue weighted by Gasteiger charge is -2.14. The maximum atomic E-state index is 12.7. The summed E-state index contributed by atoms with van der Waals surface area (Å²) in [5.74, 6) is -0.0694. The fourth-order valence-corrected chi connectivity index (χ4v) is 3.93. The first-order valence-corrected chi connectivity index (χ1v) is 11.4. The predicted octanol–water partition coefficient (Wildman–Crippen LogP) is 6.80. The first kappa shape index (κ1) is 26.0. The number of anilines is 1. The van der Waals surface area contributed by atoms with E-state index in [2.05, 4.69) is 21.2 Å². The van der Waals surface area contributed by atoms with E-state index in [1.165, 1.54) is 25.3 Å². The lowest BCUT2D eigenvalue weighted by Crippen LogP contribution is -2.14. The van der Waals surface area contributed by atoms with Gasteiger partial charge in [-0.05, 0) is 57.9 Å². The third kappa shape index (κ3) is 6.51. The van der Waals surface area contributed by atoms with Crippen LogP contribution in [0.25, 0.3) is 6.08 Å². The highest BCUT2D eigenvalue weighted by Gasteiger charge is 2.19. The molecule has 3 rings (SSSR count).